The van der Waals surface area contributed by atoms with Gasteiger partial charge in [-0.3, -0.25) is 14.9 Å². The molecular formula is C21H20F2N4O. The zero-order valence-electron chi connectivity index (χ0n) is 15.4. The van der Waals surface area contributed by atoms with Crippen molar-refractivity contribution in [3.8, 4) is 0 Å². The molecule has 0 amide bonds. The zero-order valence-corrected chi connectivity index (χ0v) is 15.4. The van der Waals surface area contributed by atoms with Crippen molar-refractivity contribution in [2.24, 2.45) is 9.98 Å². The number of aliphatic imine (C=N–C) groups is 2. The maximum Gasteiger partial charge on any atom is 0.272 e. The summed E-state index contributed by atoms with van der Waals surface area (Å²) in [6.07, 6.45) is 5.19. The molecule has 0 bridgehead atoms. The minimum absolute atomic E-state index is 0.318. The molecule has 2 heterocycles. The average Bonchev–Trinajstić information content (AvgIpc) is 3.25. The summed E-state index contributed by atoms with van der Waals surface area (Å²) in [6, 6.07) is 12.3. The van der Waals surface area contributed by atoms with Crippen LogP contribution in [0.3, 0.4) is 0 Å². The lowest BCUT2D eigenvalue weighted by Gasteiger charge is -2.49. The van der Waals surface area contributed by atoms with Crippen LogP contribution in [0.1, 0.15) is 12.5 Å². The molecule has 0 fully saturated rings. The molecular weight excluding hydrogens is 362 g/mol. The highest BCUT2D eigenvalue weighted by molar-refractivity contribution is 6.10. The number of benzene rings is 2. The second-order valence-corrected chi connectivity index (χ2v) is 6.39. The Balaban J connectivity index is 1.89. The Morgan fingerprint density at radius 2 is 1.71 bits per heavy atom. The van der Waals surface area contributed by atoms with Gasteiger partial charge in [-0.05, 0) is 55.5 Å². The van der Waals surface area contributed by atoms with Gasteiger partial charge in [-0.2, -0.15) is 0 Å². The third kappa shape index (κ3) is 3.07. The van der Waals surface area contributed by atoms with Crippen LogP contribution in [0.4, 0.5) is 14.5 Å². The molecule has 0 radical (unpaired) electrons. The fraction of sp³-hybridized carbons (Fsp3) is 0.238. The zero-order chi connectivity index (χ0) is 19.6. The van der Waals surface area contributed by atoms with Crippen LogP contribution in [0.25, 0.3) is 0 Å². The quantitative estimate of drug-likeness (QED) is 0.790. The lowest BCUT2D eigenvalue weighted by Crippen LogP contribution is -2.66. The van der Waals surface area contributed by atoms with Crippen molar-refractivity contribution >= 4 is 17.7 Å². The highest BCUT2D eigenvalue weighted by Crippen LogP contribution is 2.36. The topological polar surface area (TPSA) is 40.4 Å². The Morgan fingerprint density at radius 1 is 1.04 bits per heavy atom. The highest BCUT2D eigenvalue weighted by Gasteiger charge is 2.49. The number of ether oxygens (including phenoxy) is 1. The molecule has 0 N–H and O–H groups in total. The summed E-state index contributed by atoms with van der Waals surface area (Å²) in [4.78, 5) is 12.8. The minimum atomic E-state index is -1.13. The molecule has 0 aromatic heterocycles. The molecule has 2 aromatic rings. The van der Waals surface area contributed by atoms with Crippen molar-refractivity contribution in [3.05, 3.63) is 78.1 Å². The van der Waals surface area contributed by atoms with Gasteiger partial charge in [-0.15, -0.1) is 0 Å². The van der Waals surface area contributed by atoms with E-state index in [9.17, 15) is 8.78 Å². The smallest absolute Gasteiger partial charge is 0.272 e. The SMILES string of the molecule is CCOC1(N2C=NCC2)C(c2ccc(F)cc2)=NC=CN1c1ccc(F)cc1. The Hall–Kier alpha value is -3.06. The first kappa shape index (κ1) is 18.3. The van der Waals surface area contributed by atoms with E-state index in [1.165, 1.54) is 24.3 Å². The molecule has 2 aliphatic rings. The van der Waals surface area contributed by atoms with Crippen LogP contribution in [-0.4, -0.2) is 42.5 Å². The summed E-state index contributed by atoms with van der Waals surface area (Å²) in [5, 5.41) is 0. The van der Waals surface area contributed by atoms with Crippen molar-refractivity contribution in [3.63, 3.8) is 0 Å². The fourth-order valence-corrected chi connectivity index (χ4v) is 3.51. The minimum Gasteiger partial charge on any atom is -0.333 e. The maximum absolute atomic E-state index is 13.5. The first-order valence-electron chi connectivity index (χ1n) is 9.11. The van der Waals surface area contributed by atoms with Gasteiger partial charge < -0.3 is 9.64 Å². The Labute approximate surface area is 162 Å². The second-order valence-electron chi connectivity index (χ2n) is 6.39. The van der Waals surface area contributed by atoms with Gasteiger partial charge in [0.2, 0.25) is 0 Å². The normalized spacial score (nSPS) is 21.3. The van der Waals surface area contributed by atoms with Crippen molar-refractivity contribution in [1.29, 1.82) is 0 Å². The van der Waals surface area contributed by atoms with E-state index < -0.39 is 5.85 Å². The van der Waals surface area contributed by atoms with E-state index in [0.717, 1.165) is 11.3 Å². The highest BCUT2D eigenvalue weighted by atomic mass is 19.1. The number of hydrogen-bond donors (Lipinski definition) is 0. The number of anilines is 1. The summed E-state index contributed by atoms with van der Waals surface area (Å²) in [5.41, 5.74) is 2.07. The van der Waals surface area contributed by atoms with Crippen LogP contribution >= 0.6 is 0 Å². The monoisotopic (exact) mass is 382 g/mol. The van der Waals surface area contributed by atoms with Gasteiger partial charge in [0.05, 0.1) is 12.9 Å². The molecule has 4 rings (SSSR count). The van der Waals surface area contributed by atoms with Crippen molar-refractivity contribution in [1.82, 2.24) is 4.90 Å². The van der Waals surface area contributed by atoms with Gasteiger partial charge in [0.1, 0.15) is 17.3 Å². The van der Waals surface area contributed by atoms with Crippen LogP contribution in [0, 0.1) is 11.6 Å². The lowest BCUT2D eigenvalue weighted by molar-refractivity contribution is -0.0596. The Kier molecular flexibility index (Phi) is 4.92. The van der Waals surface area contributed by atoms with Gasteiger partial charge in [0, 0.05) is 36.8 Å². The molecule has 7 heteroatoms. The molecule has 1 unspecified atom stereocenters. The van der Waals surface area contributed by atoms with Crippen LogP contribution in [0.2, 0.25) is 0 Å². The van der Waals surface area contributed by atoms with Gasteiger partial charge >= 0.3 is 0 Å². The van der Waals surface area contributed by atoms with Crippen molar-refractivity contribution in [2.75, 3.05) is 24.6 Å². The second kappa shape index (κ2) is 7.52. The molecule has 2 aromatic carbocycles. The molecule has 2 aliphatic heterocycles. The fourth-order valence-electron chi connectivity index (χ4n) is 3.51. The molecule has 28 heavy (non-hydrogen) atoms. The van der Waals surface area contributed by atoms with E-state index >= 15 is 0 Å². The molecule has 1 atom stereocenters. The van der Waals surface area contributed by atoms with Gasteiger partial charge in [0.15, 0.2) is 0 Å². The number of halogens is 2. The first-order chi connectivity index (χ1) is 13.6. The predicted octanol–water partition coefficient (Wildman–Crippen LogP) is 3.78. The van der Waals surface area contributed by atoms with E-state index in [1.54, 1.807) is 43.0 Å². The summed E-state index contributed by atoms with van der Waals surface area (Å²) >= 11 is 0. The van der Waals surface area contributed by atoms with E-state index in [0.29, 0.717) is 25.4 Å². The molecule has 5 nitrogen and oxygen atoms in total. The van der Waals surface area contributed by atoms with Gasteiger partial charge in [0.25, 0.3) is 5.85 Å². The van der Waals surface area contributed by atoms with E-state index in [2.05, 4.69) is 9.98 Å². The van der Waals surface area contributed by atoms with Crippen LogP contribution in [-0.2, 0) is 4.74 Å². The van der Waals surface area contributed by atoms with Gasteiger partial charge in [-0.25, -0.2) is 8.78 Å². The molecule has 0 spiro atoms. The first-order valence-corrected chi connectivity index (χ1v) is 9.11. The van der Waals surface area contributed by atoms with Crippen molar-refractivity contribution < 1.29 is 13.5 Å². The van der Waals surface area contributed by atoms with Crippen LogP contribution in [0.15, 0.2) is 70.9 Å². The van der Waals surface area contributed by atoms with E-state index in [4.69, 9.17) is 4.74 Å². The Bertz CT molecular complexity index is 924. The summed E-state index contributed by atoms with van der Waals surface area (Å²) in [7, 11) is 0. The van der Waals surface area contributed by atoms with E-state index in [1.807, 2.05) is 16.7 Å². The summed E-state index contributed by atoms with van der Waals surface area (Å²) in [5.74, 6) is -1.77. The number of hydrogen-bond acceptors (Lipinski definition) is 5. The molecule has 0 saturated carbocycles. The summed E-state index contributed by atoms with van der Waals surface area (Å²) < 4.78 is 33.4. The third-order valence-electron chi connectivity index (χ3n) is 4.70. The van der Waals surface area contributed by atoms with Gasteiger partial charge in [-0.1, -0.05) is 0 Å². The molecule has 0 saturated heterocycles. The van der Waals surface area contributed by atoms with Crippen LogP contribution in [0.5, 0.6) is 0 Å². The van der Waals surface area contributed by atoms with Crippen LogP contribution < -0.4 is 4.90 Å². The number of nitrogens with zero attached hydrogens (tertiary/aromatic N) is 4. The summed E-state index contributed by atoms with van der Waals surface area (Å²) in [6.45, 7) is 3.56. The third-order valence-corrected chi connectivity index (χ3v) is 4.70. The molecule has 0 aliphatic carbocycles. The molecule has 144 valence electrons. The lowest BCUT2D eigenvalue weighted by atomic mass is 10.0. The van der Waals surface area contributed by atoms with Crippen molar-refractivity contribution in [2.45, 2.75) is 12.8 Å². The standard InChI is InChI=1S/C21H20F2N4O/c1-2-28-21(26-13-11-24-15-26)20(16-3-5-17(22)6-4-16)25-12-14-27(21)19-9-7-18(23)8-10-19/h3-10,12,14-15H,2,11,13H2,1H3. The number of rotatable bonds is 5. The largest absolute Gasteiger partial charge is 0.333 e. The maximum atomic E-state index is 13.5. The van der Waals surface area contributed by atoms with E-state index in [-0.39, 0.29) is 11.6 Å². The average molecular weight is 382 g/mol. The predicted molar refractivity (Wildman–Crippen MR) is 105 cm³/mol. The Morgan fingerprint density at radius 3 is 2.32 bits per heavy atom.